The van der Waals surface area contributed by atoms with Crippen molar-refractivity contribution in [1.82, 2.24) is 0 Å². The average molecular weight is 254 g/mol. The van der Waals surface area contributed by atoms with Crippen molar-refractivity contribution in [1.29, 1.82) is 0 Å². The molecule has 100 valence electrons. The Morgan fingerprint density at radius 1 is 1.33 bits per heavy atom. The average Bonchev–Trinajstić information content (AvgIpc) is 2.37. The van der Waals surface area contributed by atoms with Crippen molar-refractivity contribution in [3.63, 3.8) is 0 Å². The topological polar surface area (TPSA) is 90.8 Å². The molecule has 1 amide bonds. The van der Waals surface area contributed by atoms with E-state index >= 15 is 0 Å². The molecule has 0 spiro atoms. The van der Waals surface area contributed by atoms with E-state index in [0.717, 1.165) is 5.69 Å². The van der Waals surface area contributed by atoms with E-state index in [1.807, 2.05) is 0 Å². The van der Waals surface area contributed by atoms with Crippen molar-refractivity contribution in [2.45, 2.75) is 6.10 Å². The molecule has 0 aliphatic rings. The number of methoxy groups -OCH3 is 1. The summed E-state index contributed by atoms with van der Waals surface area (Å²) < 4.78 is 4.70. The van der Waals surface area contributed by atoms with Gasteiger partial charge in [-0.15, -0.1) is 0 Å². The zero-order valence-electron chi connectivity index (χ0n) is 10.2. The summed E-state index contributed by atoms with van der Waals surface area (Å²) in [6.07, 6.45) is -0.786. The maximum absolute atomic E-state index is 11.2. The first-order valence-electron chi connectivity index (χ1n) is 5.57. The first-order valence-corrected chi connectivity index (χ1v) is 5.57. The highest BCUT2D eigenvalue weighted by Crippen LogP contribution is 2.13. The number of rotatable bonds is 7. The lowest BCUT2D eigenvalue weighted by molar-refractivity contribution is -0.119. The smallest absolute Gasteiger partial charge is 0.250 e. The van der Waals surface area contributed by atoms with Gasteiger partial charge in [0.25, 0.3) is 0 Å². The molecule has 1 aromatic carbocycles. The van der Waals surface area contributed by atoms with Crippen LogP contribution in [-0.4, -0.2) is 49.1 Å². The Hall–Kier alpha value is -1.63. The minimum absolute atomic E-state index is 0.0166. The van der Waals surface area contributed by atoms with Crippen molar-refractivity contribution in [3.8, 4) is 0 Å². The van der Waals surface area contributed by atoms with Gasteiger partial charge in [0.1, 0.15) is 6.61 Å². The van der Waals surface area contributed by atoms with Crippen molar-refractivity contribution in [2.24, 2.45) is 0 Å². The van der Waals surface area contributed by atoms with Crippen molar-refractivity contribution < 1.29 is 19.7 Å². The van der Waals surface area contributed by atoms with Gasteiger partial charge in [0, 0.05) is 25.0 Å². The first-order chi connectivity index (χ1) is 8.65. The largest absolute Gasteiger partial charge is 0.394 e. The number of anilines is 2. The molecule has 0 saturated heterocycles. The maximum Gasteiger partial charge on any atom is 0.250 e. The molecule has 6 nitrogen and oxygen atoms in total. The second-order valence-corrected chi connectivity index (χ2v) is 3.78. The summed E-state index contributed by atoms with van der Waals surface area (Å²) in [4.78, 5) is 11.2. The van der Waals surface area contributed by atoms with Gasteiger partial charge in [-0.2, -0.15) is 0 Å². The van der Waals surface area contributed by atoms with E-state index < -0.39 is 6.10 Å². The zero-order valence-corrected chi connectivity index (χ0v) is 10.2. The summed E-state index contributed by atoms with van der Waals surface area (Å²) in [5, 5.41) is 23.4. The monoisotopic (exact) mass is 254 g/mol. The summed E-state index contributed by atoms with van der Waals surface area (Å²) >= 11 is 0. The standard InChI is InChI=1S/C12H18N2O4/c1-18-8-12(17)14-10-4-2-9(3-5-10)13-6-11(16)7-15/h2-5,11,13,15-16H,6-8H2,1H3,(H,14,17). The lowest BCUT2D eigenvalue weighted by Gasteiger charge is -2.11. The van der Waals surface area contributed by atoms with Crippen LogP contribution in [0.25, 0.3) is 0 Å². The number of aliphatic hydroxyl groups excluding tert-OH is 2. The summed E-state index contributed by atoms with van der Waals surface area (Å²) in [5.74, 6) is -0.214. The third-order valence-corrected chi connectivity index (χ3v) is 2.20. The lowest BCUT2D eigenvalue weighted by Crippen LogP contribution is -2.22. The van der Waals surface area contributed by atoms with Crippen LogP contribution in [0.1, 0.15) is 0 Å². The summed E-state index contributed by atoms with van der Waals surface area (Å²) in [5.41, 5.74) is 1.47. The van der Waals surface area contributed by atoms with Gasteiger partial charge >= 0.3 is 0 Å². The zero-order chi connectivity index (χ0) is 13.4. The second kappa shape index (κ2) is 7.65. The molecule has 1 rings (SSSR count). The van der Waals surface area contributed by atoms with E-state index in [1.165, 1.54) is 7.11 Å². The van der Waals surface area contributed by atoms with E-state index in [0.29, 0.717) is 5.69 Å². The molecule has 1 atom stereocenters. The number of ether oxygens (including phenoxy) is 1. The predicted octanol–water partition coefficient (Wildman–Crippen LogP) is 0.0366. The SMILES string of the molecule is COCC(=O)Nc1ccc(NCC(O)CO)cc1. The Morgan fingerprint density at radius 3 is 2.50 bits per heavy atom. The number of carbonyl (C=O) groups is 1. The number of benzene rings is 1. The molecule has 1 aromatic rings. The van der Waals surface area contributed by atoms with Crippen LogP contribution in [0.5, 0.6) is 0 Å². The van der Waals surface area contributed by atoms with E-state index in [4.69, 9.17) is 14.9 Å². The number of aliphatic hydroxyl groups is 2. The molecule has 4 N–H and O–H groups in total. The number of hydrogen-bond acceptors (Lipinski definition) is 5. The van der Waals surface area contributed by atoms with E-state index in [9.17, 15) is 4.79 Å². The molecule has 0 saturated carbocycles. The number of amides is 1. The highest BCUT2D eigenvalue weighted by Gasteiger charge is 2.03. The van der Waals surface area contributed by atoms with Crippen molar-refractivity contribution >= 4 is 17.3 Å². The molecule has 0 aliphatic carbocycles. The Bertz CT molecular complexity index is 367. The van der Waals surface area contributed by atoms with Crippen LogP contribution in [0.15, 0.2) is 24.3 Å². The van der Waals surface area contributed by atoms with Gasteiger partial charge in [-0.25, -0.2) is 0 Å². The highest BCUT2D eigenvalue weighted by atomic mass is 16.5. The van der Waals surface area contributed by atoms with Gasteiger partial charge in [-0.1, -0.05) is 0 Å². The van der Waals surface area contributed by atoms with Gasteiger partial charge in [0.15, 0.2) is 0 Å². The van der Waals surface area contributed by atoms with Crippen LogP contribution >= 0.6 is 0 Å². The van der Waals surface area contributed by atoms with Crippen LogP contribution in [0.2, 0.25) is 0 Å². The van der Waals surface area contributed by atoms with Crippen molar-refractivity contribution in [2.75, 3.05) is 37.5 Å². The van der Waals surface area contributed by atoms with Crippen LogP contribution in [0.4, 0.5) is 11.4 Å². The number of nitrogens with one attached hydrogen (secondary N) is 2. The van der Waals surface area contributed by atoms with Gasteiger partial charge in [0.05, 0.1) is 12.7 Å². The minimum atomic E-state index is -0.786. The number of carbonyl (C=O) groups excluding carboxylic acids is 1. The fourth-order valence-electron chi connectivity index (χ4n) is 1.30. The van der Waals surface area contributed by atoms with Crippen LogP contribution in [-0.2, 0) is 9.53 Å². The third kappa shape index (κ3) is 5.13. The minimum Gasteiger partial charge on any atom is -0.394 e. The Labute approximate surface area is 106 Å². The molecule has 1 unspecified atom stereocenters. The van der Waals surface area contributed by atoms with Crippen LogP contribution < -0.4 is 10.6 Å². The molecule has 0 aliphatic heterocycles. The maximum atomic E-state index is 11.2. The molecule has 0 bridgehead atoms. The Morgan fingerprint density at radius 2 is 1.94 bits per heavy atom. The van der Waals surface area contributed by atoms with Crippen LogP contribution in [0, 0.1) is 0 Å². The molecule has 0 heterocycles. The molecule has 0 fully saturated rings. The van der Waals surface area contributed by atoms with Gasteiger partial charge in [-0.3, -0.25) is 4.79 Å². The summed E-state index contributed by atoms with van der Waals surface area (Å²) in [6.45, 7) is 0.00668. The molecular formula is C12H18N2O4. The summed E-state index contributed by atoms with van der Waals surface area (Å²) in [7, 11) is 1.46. The quantitative estimate of drug-likeness (QED) is 0.551. The van der Waals surface area contributed by atoms with E-state index in [-0.39, 0.29) is 25.7 Å². The molecule has 0 aromatic heterocycles. The van der Waals surface area contributed by atoms with Crippen LogP contribution in [0.3, 0.4) is 0 Å². The van der Waals surface area contributed by atoms with Gasteiger partial charge in [-0.05, 0) is 24.3 Å². The predicted molar refractivity (Wildman–Crippen MR) is 68.5 cm³/mol. The van der Waals surface area contributed by atoms with E-state index in [1.54, 1.807) is 24.3 Å². The highest BCUT2D eigenvalue weighted by molar-refractivity contribution is 5.91. The third-order valence-electron chi connectivity index (χ3n) is 2.20. The Balaban J connectivity index is 2.44. The molecule has 18 heavy (non-hydrogen) atoms. The lowest BCUT2D eigenvalue weighted by atomic mass is 10.2. The molecular weight excluding hydrogens is 236 g/mol. The van der Waals surface area contributed by atoms with Crippen molar-refractivity contribution in [3.05, 3.63) is 24.3 Å². The summed E-state index contributed by atoms with van der Waals surface area (Å²) in [6, 6.07) is 7.02. The first kappa shape index (κ1) is 14.4. The van der Waals surface area contributed by atoms with Gasteiger partial charge < -0.3 is 25.6 Å². The van der Waals surface area contributed by atoms with Gasteiger partial charge in [0.2, 0.25) is 5.91 Å². The second-order valence-electron chi connectivity index (χ2n) is 3.78. The Kier molecular flexibility index (Phi) is 6.13. The normalized spacial score (nSPS) is 11.9. The molecule has 0 radical (unpaired) electrons. The number of hydrogen-bond donors (Lipinski definition) is 4. The van der Waals surface area contributed by atoms with E-state index in [2.05, 4.69) is 10.6 Å². The fourth-order valence-corrected chi connectivity index (χ4v) is 1.30. The molecule has 6 heteroatoms. The fraction of sp³-hybridized carbons (Fsp3) is 0.417.